The van der Waals surface area contributed by atoms with Crippen LogP contribution in [0.5, 0.6) is 0 Å². The number of aromatic nitrogens is 4. The average Bonchev–Trinajstić information content (AvgIpc) is 3.03. The van der Waals surface area contributed by atoms with Gasteiger partial charge in [-0.15, -0.1) is 5.10 Å². The average molecular weight is 282 g/mol. The van der Waals surface area contributed by atoms with Gasteiger partial charge >= 0.3 is 0 Å². The fraction of sp³-hybridized carbons (Fsp3) is 0.429. The smallest absolute Gasteiger partial charge is 0.146 e. The summed E-state index contributed by atoms with van der Waals surface area (Å²) in [5.41, 5.74) is 1.60. The normalized spacial score (nSPS) is 24.0. The van der Waals surface area contributed by atoms with Crippen molar-refractivity contribution in [3.63, 3.8) is 0 Å². The lowest BCUT2D eigenvalue weighted by Crippen LogP contribution is -2.48. The van der Waals surface area contributed by atoms with Crippen molar-refractivity contribution in [2.75, 3.05) is 18.0 Å². The van der Waals surface area contributed by atoms with Crippen molar-refractivity contribution in [3.8, 4) is 6.07 Å². The van der Waals surface area contributed by atoms with Gasteiger partial charge in [0.15, 0.2) is 0 Å². The van der Waals surface area contributed by atoms with Gasteiger partial charge in [-0.2, -0.15) is 5.26 Å². The van der Waals surface area contributed by atoms with Gasteiger partial charge in [-0.3, -0.25) is 0 Å². The van der Waals surface area contributed by atoms with Crippen LogP contribution in [0.25, 0.3) is 0 Å². The fourth-order valence-corrected chi connectivity index (χ4v) is 3.11. The molecule has 0 aliphatic carbocycles. The maximum Gasteiger partial charge on any atom is 0.146 e. The van der Waals surface area contributed by atoms with Gasteiger partial charge in [-0.25, -0.2) is 9.67 Å². The van der Waals surface area contributed by atoms with E-state index in [9.17, 15) is 5.26 Å². The van der Waals surface area contributed by atoms with E-state index in [2.05, 4.69) is 26.3 Å². The van der Waals surface area contributed by atoms with Gasteiger partial charge in [0.1, 0.15) is 11.9 Å². The van der Waals surface area contributed by atoms with E-state index in [-0.39, 0.29) is 12.1 Å². The number of pyridine rings is 1. The van der Waals surface area contributed by atoms with Crippen molar-refractivity contribution in [2.45, 2.75) is 25.2 Å². The minimum atomic E-state index is 0.124. The molecule has 106 valence electrons. The molecule has 0 saturated carbocycles. The molecule has 7 heteroatoms. The molecule has 2 aliphatic heterocycles. The first-order valence-electron chi connectivity index (χ1n) is 6.97. The third-order valence-corrected chi connectivity index (χ3v) is 4.14. The highest BCUT2D eigenvalue weighted by molar-refractivity contribution is 5.53. The molecule has 0 unspecified atom stereocenters. The Labute approximate surface area is 121 Å². The van der Waals surface area contributed by atoms with E-state index in [1.54, 1.807) is 24.5 Å². The van der Waals surface area contributed by atoms with Crippen LogP contribution >= 0.6 is 0 Å². The van der Waals surface area contributed by atoms with Gasteiger partial charge in [0.25, 0.3) is 0 Å². The van der Waals surface area contributed by atoms with E-state index in [1.165, 1.54) is 0 Å². The summed E-state index contributed by atoms with van der Waals surface area (Å²) < 4.78 is 7.85. The number of anilines is 1. The molecule has 1 fully saturated rings. The number of hydrogen-bond acceptors (Lipinski definition) is 6. The Morgan fingerprint density at radius 1 is 1.43 bits per heavy atom. The molecular formula is C14H14N6O. The summed E-state index contributed by atoms with van der Waals surface area (Å²) in [6.07, 6.45) is 4.52. The number of rotatable bonds is 1. The van der Waals surface area contributed by atoms with Crippen molar-refractivity contribution < 1.29 is 4.74 Å². The van der Waals surface area contributed by atoms with Crippen molar-refractivity contribution in [1.82, 2.24) is 20.0 Å². The largest absolute Gasteiger partial charge is 0.370 e. The first kappa shape index (κ1) is 12.3. The van der Waals surface area contributed by atoms with Gasteiger partial charge in [0, 0.05) is 19.3 Å². The van der Waals surface area contributed by atoms with Gasteiger partial charge in [-0.1, -0.05) is 5.21 Å². The lowest BCUT2D eigenvalue weighted by Gasteiger charge is -2.41. The topological polar surface area (TPSA) is 79.9 Å². The Bertz CT molecular complexity index is 705. The minimum Gasteiger partial charge on any atom is -0.370 e. The Hall–Kier alpha value is -2.46. The third kappa shape index (κ3) is 1.96. The van der Waals surface area contributed by atoms with Crippen LogP contribution in [0.15, 0.2) is 24.5 Å². The molecule has 0 aromatic carbocycles. The van der Waals surface area contributed by atoms with Crippen LogP contribution in [0, 0.1) is 11.3 Å². The molecule has 0 spiro atoms. The number of hydrogen-bond donors (Lipinski definition) is 0. The monoisotopic (exact) mass is 282 g/mol. The molecule has 4 rings (SSSR count). The standard InChI is InChI=1S/C14H14N6O/c15-6-10-2-1-4-16-14(10)19-5-3-13-12(8-19)20-11(9-21-13)7-17-18-20/h1-2,4,7,12-13H,3,5,8-9H2/t12-,13-/m0/s1. The highest BCUT2D eigenvalue weighted by atomic mass is 16.5. The molecular weight excluding hydrogens is 268 g/mol. The second-order valence-electron chi connectivity index (χ2n) is 5.31. The van der Waals surface area contributed by atoms with Crippen LogP contribution in [0.3, 0.4) is 0 Å². The lowest BCUT2D eigenvalue weighted by molar-refractivity contribution is -0.0373. The fourth-order valence-electron chi connectivity index (χ4n) is 3.11. The Balaban J connectivity index is 1.66. The summed E-state index contributed by atoms with van der Waals surface area (Å²) >= 11 is 0. The predicted molar refractivity (Wildman–Crippen MR) is 73.4 cm³/mol. The second kappa shape index (κ2) is 4.82. The molecule has 0 bridgehead atoms. The molecule has 2 aromatic heterocycles. The summed E-state index contributed by atoms with van der Waals surface area (Å²) in [6.45, 7) is 2.13. The van der Waals surface area contributed by atoms with Crippen molar-refractivity contribution in [1.29, 1.82) is 5.26 Å². The van der Waals surface area contributed by atoms with Crippen LogP contribution in [0.4, 0.5) is 5.82 Å². The van der Waals surface area contributed by atoms with Gasteiger partial charge in [0.2, 0.25) is 0 Å². The predicted octanol–water partition coefficient (Wildman–Crippen LogP) is 0.895. The highest BCUT2D eigenvalue weighted by Gasteiger charge is 2.37. The maximum absolute atomic E-state index is 9.24. The van der Waals surface area contributed by atoms with Crippen molar-refractivity contribution >= 4 is 5.82 Å². The summed E-state index contributed by atoms with van der Waals surface area (Å²) in [5.74, 6) is 0.741. The van der Waals surface area contributed by atoms with Crippen molar-refractivity contribution in [3.05, 3.63) is 35.8 Å². The summed E-state index contributed by atoms with van der Waals surface area (Å²) in [5, 5.41) is 17.4. The first-order valence-corrected chi connectivity index (χ1v) is 6.97. The van der Waals surface area contributed by atoms with Crippen LogP contribution in [-0.4, -0.2) is 39.2 Å². The zero-order valence-corrected chi connectivity index (χ0v) is 11.4. The molecule has 21 heavy (non-hydrogen) atoms. The second-order valence-corrected chi connectivity index (χ2v) is 5.31. The van der Waals surface area contributed by atoms with Gasteiger partial charge in [0.05, 0.1) is 36.2 Å². The van der Waals surface area contributed by atoms with E-state index in [1.807, 2.05) is 4.68 Å². The van der Waals surface area contributed by atoms with Crippen LogP contribution in [0.2, 0.25) is 0 Å². The highest BCUT2D eigenvalue weighted by Crippen LogP contribution is 2.32. The maximum atomic E-state index is 9.24. The SMILES string of the molecule is N#Cc1cccnc1N1CC[C@@H]2OCc3cnnn3[C@H]2C1. The molecule has 2 aliphatic rings. The zero-order chi connectivity index (χ0) is 14.2. The Kier molecular flexibility index (Phi) is 2.82. The molecule has 0 radical (unpaired) electrons. The van der Waals surface area contributed by atoms with E-state index in [4.69, 9.17) is 4.74 Å². The van der Waals surface area contributed by atoms with E-state index >= 15 is 0 Å². The summed E-state index contributed by atoms with van der Waals surface area (Å²) in [4.78, 5) is 6.51. The minimum absolute atomic E-state index is 0.124. The number of nitriles is 1. The van der Waals surface area contributed by atoms with Crippen LogP contribution in [0.1, 0.15) is 23.7 Å². The zero-order valence-electron chi connectivity index (χ0n) is 11.4. The number of nitrogens with zero attached hydrogens (tertiary/aromatic N) is 6. The molecule has 2 atom stereocenters. The molecule has 1 saturated heterocycles. The van der Waals surface area contributed by atoms with Gasteiger partial charge in [-0.05, 0) is 18.6 Å². The quantitative estimate of drug-likeness (QED) is 0.773. The molecule has 7 nitrogen and oxygen atoms in total. The molecule has 2 aromatic rings. The Morgan fingerprint density at radius 2 is 2.38 bits per heavy atom. The summed E-state index contributed by atoms with van der Waals surface area (Å²) in [6, 6.07) is 5.92. The van der Waals surface area contributed by atoms with Crippen molar-refractivity contribution in [2.24, 2.45) is 0 Å². The van der Waals surface area contributed by atoms with Crippen LogP contribution in [-0.2, 0) is 11.3 Å². The first-order chi connectivity index (χ1) is 10.4. The number of fused-ring (bicyclic) bond motifs is 3. The lowest BCUT2D eigenvalue weighted by atomic mass is 10.00. The molecule has 0 amide bonds. The van der Waals surface area contributed by atoms with Gasteiger partial charge < -0.3 is 9.64 Å². The molecule has 4 heterocycles. The van der Waals surface area contributed by atoms with E-state index < -0.39 is 0 Å². The number of ether oxygens (including phenoxy) is 1. The van der Waals surface area contributed by atoms with Crippen LogP contribution < -0.4 is 4.90 Å². The Morgan fingerprint density at radius 3 is 3.29 bits per heavy atom. The number of piperidine rings is 1. The molecule has 0 N–H and O–H groups in total. The third-order valence-electron chi connectivity index (χ3n) is 4.14. The van der Waals surface area contributed by atoms with E-state index in [0.717, 1.165) is 31.0 Å². The van der Waals surface area contributed by atoms with E-state index in [0.29, 0.717) is 12.2 Å². The summed E-state index contributed by atoms with van der Waals surface area (Å²) in [7, 11) is 0.